The number of aryl methyl sites for hydroxylation is 1. The summed E-state index contributed by atoms with van der Waals surface area (Å²) in [5.74, 6) is 1.14. The first-order valence-electron chi connectivity index (χ1n) is 4.84. The average molecular weight is 177 g/mol. The van der Waals surface area contributed by atoms with Crippen LogP contribution in [0.2, 0.25) is 0 Å². The highest BCUT2D eigenvalue weighted by Gasteiger charge is 2.19. The molecule has 0 spiro atoms. The minimum absolute atomic E-state index is 0.536. The van der Waals surface area contributed by atoms with Gasteiger partial charge in [-0.15, -0.1) is 0 Å². The molecule has 0 aromatic carbocycles. The first kappa shape index (κ1) is 8.48. The van der Waals surface area contributed by atoms with E-state index >= 15 is 0 Å². The predicted molar refractivity (Wildman–Crippen MR) is 52.8 cm³/mol. The Morgan fingerprint density at radius 2 is 2.31 bits per heavy atom. The van der Waals surface area contributed by atoms with Gasteiger partial charge in [-0.3, -0.25) is 0 Å². The van der Waals surface area contributed by atoms with Gasteiger partial charge < -0.3 is 4.90 Å². The molecule has 0 N–H and O–H groups in total. The van der Waals surface area contributed by atoms with Gasteiger partial charge in [-0.05, 0) is 26.7 Å². The normalized spacial score (nSPS) is 16.1. The number of anilines is 1. The Hall–Kier alpha value is -1.12. The molecule has 13 heavy (non-hydrogen) atoms. The zero-order valence-electron chi connectivity index (χ0n) is 8.20. The number of fused-ring (bicyclic) bond motifs is 1. The number of hydrogen-bond donors (Lipinski definition) is 0. The van der Waals surface area contributed by atoms with Gasteiger partial charge in [0.25, 0.3) is 0 Å². The van der Waals surface area contributed by atoms with Crippen LogP contribution >= 0.6 is 0 Å². The van der Waals surface area contributed by atoms with Crippen LogP contribution in [0.1, 0.15) is 25.8 Å². The van der Waals surface area contributed by atoms with Crippen LogP contribution in [0, 0.1) is 0 Å². The second kappa shape index (κ2) is 3.32. The summed E-state index contributed by atoms with van der Waals surface area (Å²) in [6.45, 7) is 5.54. The molecule has 1 aliphatic heterocycles. The van der Waals surface area contributed by atoms with E-state index in [4.69, 9.17) is 0 Å². The lowest BCUT2D eigenvalue weighted by atomic mass is 10.1. The van der Waals surface area contributed by atoms with Gasteiger partial charge in [-0.25, -0.2) is 9.97 Å². The van der Waals surface area contributed by atoms with E-state index in [2.05, 4.69) is 28.7 Å². The van der Waals surface area contributed by atoms with Crippen molar-refractivity contribution in [2.24, 2.45) is 0 Å². The first-order chi connectivity index (χ1) is 6.29. The summed E-state index contributed by atoms with van der Waals surface area (Å²) in [5.41, 5.74) is 1.29. The average Bonchev–Trinajstić information content (AvgIpc) is 2.17. The standard InChI is InChI=1S/C10H15N3/c1-8(2)13-5-3-4-9-6-11-7-12-10(9)13/h6-8H,3-5H2,1-2H3. The quantitative estimate of drug-likeness (QED) is 0.653. The van der Waals surface area contributed by atoms with Crippen molar-refractivity contribution < 1.29 is 0 Å². The molecular weight excluding hydrogens is 162 g/mol. The third kappa shape index (κ3) is 1.50. The molecule has 0 saturated heterocycles. The fourth-order valence-corrected chi connectivity index (χ4v) is 1.84. The fraction of sp³-hybridized carbons (Fsp3) is 0.600. The zero-order valence-corrected chi connectivity index (χ0v) is 8.20. The maximum absolute atomic E-state index is 4.34. The Morgan fingerprint density at radius 3 is 3.08 bits per heavy atom. The van der Waals surface area contributed by atoms with Crippen molar-refractivity contribution in [3.05, 3.63) is 18.1 Å². The Morgan fingerprint density at radius 1 is 1.46 bits per heavy atom. The molecule has 0 fully saturated rings. The molecular formula is C10H15N3. The molecule has 0 amide bonds. The molecule has 2 rings (SSSR count). The SMILES string of the molecule is CC(C)N1CCCc2cncnc21. The van der Waals surface area contributed by atoms with Crippen molar-refractivity contribution in [3.8, 4) is 0 Å². The van der Waals surface area contributed by atoms with Gasteiger partial charge in [0.2, 0.25) is 0 Å². The highest BCUT2D eigenvalue weighted by Crippen LogP contribution is 2.24. The molecule has 0 bridgehead atoms. The molecule has 1 aromatic heterocycles. The number of nitrogens with zero attached hydrogens (tertiary/aromatic N) is 3. The van der Waals surface area contributed by atoms with Crippen molar-refractivity contribution in [1.82, 2.24) is 9.97 Å². The van der Waals surface area contributed by atoms with Gasteiger partial charge in [-0.1, -0.05) is 0 Å². The Labute approximate surface area is 78.8 Å². The molecule has 1 aliphatic rings. The van der Waals surface area contributed by atoms with E-state index in [0.29, 0.717) is 6.04 Å². The molecule has 70 valence electrons. The van der Waals surface area contributed by atoms with Crippen LogP contribution in [0.15, 0.2) is 12.5 Å². The minimum atomic E-state index is 0.536. The van der Waals surface area contributed by atoms with Crippen molar-refractivity contribution in [3.63, 3.8) is 0 Å². The zero-order chi connectivity index (χ0) is 9.26. The third-order valence-electron chi connectivity index (χ3n) is 2.50. The Balaban J connectivity index is 2.37. The lowest BCUT2D eigenvalue weighted by molar-refractivity contribution is 0.613. The number of hydrogen-bond acceptors (Lipinski definition) is 3. The summed E-state index contributed by atoms with van der Waals surface area (Å²) in [6, 6.07) is 0.536. The summed E-state index contributed by atoms with van der Waals surface area (Å²) in [5, 5.41) is 0. The van der Waals surface area contributed by atoms with Gasteiger partial charge >= 0.3 is 0 Å². The maximum Gasteiger partial charge on any atom is 0.135 e. The smallest absolute Gasteiger partial charge is 0.135 e. The molecule has 3 heteroatoms. The van der Waals surface area contributed by atoms with Crippen molar-refractivity contribution in [1.29, 1.82) is 0 Å². The van der Waals surface area contributed by atoms with Crippen LogP contribution in [0.5, 0.6) is 0 Å². The van der Waals surface area contributed by atoms with Crippen molar-refractivity contribution >= 4 is 5.82 Å². The maximum atomic E-state index is 4.34. The lowest BCUT2D eigenvalue weighted by Crippen LogP contribution is -2.36. The van der Waals surface area contributed by atoms with E-state index < -0.39 is 0 Å². The second-order valence-electron chi connectivity index (χ2n) is 3.76. The number of rotatable bonds is 1. The van der Waals surface area contributed by atoms with E-state index in [0.717, 1.165) is 18.8 Å². The van der Waals surface area contributed by atoms with Crippen molar-refractivity contribution in [2.45, 2.75) is 32.7 Å². The molecule has 0 saturated carbocycles. The van der Waals surface area contributed by atoms with Gasteiger partial charge in [0.1, 0.15) is 12.1 Å². The predicted octanol–water partition coefficient (Wildman–Crippen LogP) is 1.64. The fourth-order valence-electron chi connectivity index (χ4n) is 1.84. The van der Waals surface area contributed by atoms with E-state index in [1.54, 1.807) is 6.33 Å². The molecule has 0 atom stereocenters. The summed E-state index contributed by atoms with van der Waals surface area (Å²) in [4.78, 5) is 10.7. The highest BCUT2D eigenvalue weighted by atomic mass is 15.2. The molecule has 0 radical (unpaired) electrons. The molecule has 1 aromatic rings. The topological polar surface area (TPSA) is 29.0 Å². The molecule has 0 aliphatic carbocycles. The van der Waals surface area contributed by atoms with Gasteiger partial charge in [0.15, 0.2) is 0 Å². The molecule has 2 heterocycles. The summed E-state index contributed by atoms with van der Waals surface area (Å²) < 4.78 is 0. The van der Waals surface area contributed by atoms with Crippen LogP contribution in [0.3, 0.4) is 0 Å². The van der Waals surface area contributed by atoms with Crippen LogP contribution in [0.25, 0.3) is 0 Å². The summed E-state index contributed by atoms with van der Waals surface area (Å²) in [7, 11) is 0. The van der Waals surface area contributed by atoms with Crippen LogP contribution in [-0.2, 0) is 6.42 Å². The minimum Gasteiger partial charge on any atom is -0.354 e. The largest absolute Gasteiger partial charge is 0.354 e. The molecule has 3 nitrogen and oxygen atoms in total. The Bertz CT molecular complexity index is 296. The van der Waals surface area contributed by atoms with E-state index in [-0.39, 0.29) is 0 Å². The van der Waals surface area contributed by atoms with Gasteiger partial charge in [0, 0.05) is 24.3 Å². The van der Waals surface area contributed by atoms with Gasteiger partial charge in [0.05, 0.1) is 0 Å². The first-order valence-corrected chi connectivity index (χ1v) is 4.84. The monoisotopic (exact) mass is 177 g/mol. The van der Waals surface area contributed by atoms with Crippen molar-refractivity contribution in [2.75, 3.05) is 11.4 Å². The van der Waals surface area contributed by atoms with E-state index in [1.165, 1.54) is 12.0 Å². The van der Waals surface area contributed by atoms with E-state index in [9.17, 15) is 0 Å². The number of aromatic nitrogens is 2. The second-order valence-corrected chi connectivity index (χ2v) is 3.76. The van der Waals surface area contributed by atoms with E-state index in [1.807, 2.05) is 6.20 Å². The highest BCUT2D eigenvalue weighted by molar-refractivity contribution is 5.48. The molecule has 0 unspecified atom stereocenters. The lowest BCUT2D eigenvalue weighted by Gasteiger charge is -2.32. The summed E-state index contributed by atoms with van der Waals surface area (Å²) >= 11 is 0. The van der Waals surface area contributed by atoms with Crippen LogP contribution in [-0.4, -0.2) is 22.6 Å². The third-order valence-corrected chi connectivity index (χ3v) is 2.50. The Kier molecular flexibility index (Phi) is 2.17. The van der Waals surface area contributed by atoms with Gasteiger partial charge in [-0.2, -0.15) is 0 Å². The summed E-state index contributed by atoms with van der Waals surface area (Å²) in [6.07, 6.45) is 5.92. The van der Waals surface area contributed by atoms with Crippen LogP contribution < -0.4 is 4.90 Å². The van der Waals surface area contributed by atoms with Crippen LogP contribution in [0.4, 0.5) is 5.82 Å².